The largest absolute Gasteiger partial charge is 0.481 e. The summed E-state index contributed by atoms with van der Waals surface area (Å²) in [5.74, 6) is -0.649. The Morgan fingerprint density at radius 2 is 0.593 bits per heavy atom. The number of rotatable bonds is 44. The van der Waals surface area contributed by atoms with Crippen LogP contribution in [0.4, 0.5) is 0 Å². The minimum Gasteiger partial charge on any atom is -0.481 e. The predicted molar refractivity (Wildman–Crippen MR) is 239 cm³/mol. The summed E-state index contributed by atoms with van der Waals surface area (Å²) in [6, 6.07) is 0. The molecule has 0 radical (unpaired) electrons. The van der Waals surface area contributed by atoms with Crippen molar-refractivity contribution in [2.75, 3.05) is 6.61 Å². The van der Waals surface area contributed by atoms with E-state index in [0.29, 0.717) is 13.0 Å². The Balaban J connectivity index is 0. The molecule has 0 aromatic heterocycles. The van der Waals surface area contributed by atoms with E-state index in [-0.39, 0.29) is 11.9 Å². The molecule has 324 valence electrons. The van der Waals surface area contributed by atoms with Gasteiger partial charge < -0.3 is 9.84 Å². The van der Waals surface area contributed by atoms with Gasteiger partial charge in [0.15, 0.2) is 0 Å². The van der Waals surface area contributed by atoms with Gasteiger partial charge in [0.1, 0.15) is 0 Å². The van der Waals surface area contributed by atoms with E-state index in [1.54, 1.807) is 0 Å². The summed E-state index contributed by atoms with van der Waals surface area (Å²) in [6.07, 6.45) is 54.0. The van der Waals surface area contributed by atoms with Crippen molar-refractivity contribution in [3.63, 3.8) is 0 Å². The normalized spacial score (nSPS) is 11.7. The predicted octanol–water partition coefficient (Wildman–Crippen LogP) is 17.7. The fraction of sp³-hybridized carbons (Fsp3) is 0.960. The number of hydrogen-bond acceptors (Lipinski definition) is 3. The fourth-order valence-corrected chi connectivity index (χ4v) is 7.58. The summed E-state index contributed by atoms with van der Waals surface area (Å²) in [5.41, 5.74) is 0. The molecule has 0 saturated heterocycles. The van der Waals surface area contributed by atoms with Gasteiger partial charge in [0.05, 0.1) is 12.5 Å². The van der Waals surface area contributed by atoms with Gasteiger partial charge in [0, 0.05) is 6.42 Å². The first kappa shape index (κ1) is 55.0. The van der Waals surface area contributed by atoms with Crippen molar-refractivity contribution in [2.24, 2.45) is 5.92 Å². The first-order chi connectivity index (χ1) is 26.5. The van der Waals surface area contributed by atoms with Crippen molar-refractivity contribution in [3.05, 3.63) is 0 Å². The molecular weight excluding hydrogens is 665 g/mol. The number of esters is 1. The van der Waals surface area contributed by atoms with Crippen LogP contribution in [0.25, 0.3) is 0 Å². The van der Waals surface area contributed by atoms with Gasteiger partial charge in [-0.2, -0.15) is 0 Å². The molecule has 1 N–H and O–H groups in total. The average molecular weight is 765 g/mol. The molecule has 0 spiro atoms. The number of carbonyl (C=O) groups excluding carboxylic acids is 1. The molecule has 4 heteroatoms. The molecule has 0 rings (SSSR count). The molecule has 0 bridgehead atoms. The van der Waals surface area contributed by atoms with Gasteiger partial charge in [-0.25, -0.2) is 0 Å². The Kier molecular flexibility index (Phi) is 50.9. The minimum atomic E-state index is -0.569. The summed E-state index contributed by atoms with van der Waals surface area (Å²) >= 11 is 0. The van der Waals surface area contributed by atoms with Crippen molar-refractivity contribution in [2.45, 2.75) is 297 Å². The van der Waals surface area contributed by atoms with Gasteiger partial charge in [-0.15, -0.1) is 0 Å². The van der Waals surface area contributed by atoms with Gasteiger partial charge in [0.2, 0.25) is 0 Å². The molecule has 0 heterocycles. The summed E-state index contributed by atoms with van der Waals surface area (Å²) < 4.78 is 5.30. The van der Waals surface area contributed by atoms with E-state index in [0.717, 1.165) is 38.5 Å². The maximum absolute atomic E-state index is 11.6. The number of carbonyl (C=O) groups is 2. The molecule has 0 saturated carbocycles. The van der Waals surface area contributed by atoms with Crippen LogP contribution in [-0.4, -0.2) is 23.7 Å². The maximum atomic E-state index is 11.6. The molecule has 0 aromatic carbocycles. The second-order valence-electron chi connectivity index (χ2n) is 17.0. The first-order valence-electron chi connectivity index (χ1n) is 24.9. The average Bonchev–Trinajstić information content (AvgIpc) is 3.17. The lowest BCUT2D eigenvalue weighted by Crippen LogP contribution is -2.13. The van der Waals surface area contributed by atoms with Gasteiger partial charge in [0.25, 0.3) is 0 Å². The topological polar surface area (TPSA) is 63.6 Å². The third kappa shape index (κ3) is 49.0. The number of carboxylic acids is 1. The fourth-order valence-electron chi connectivity index (χ4n) is 7.58. The minimum absolute atomic E-state index is 0.0141. The number of carboxylic acid groups (broad SMARTS) is 1. The van der Waals surface area contributed by atoms with Crippen molar-refractivity contribution < 1.29 is 19.4 Å². The molecule has 54 heavy (non-hydrogen) atoms. The van der Waals surface area contributed by atoms with E-state index in [1.807, 2.05) is 0 Å². The van der Waals surface area contributed by atoms with Crippen LogP contribution in [0.1, 0.15) is 297 Å². The Labute approximate surface area is 340 Å². The van der Waals surface area contributed by atoms with Crippen LogP contribution in [0, 0.1) is 5.92 Å². The molecule has 0 aliphatic heterocycles. The Morgan fingerprint density at radius 3 is 0.870 bits per heavy atom. The van der Waals surface area contributed by atoms with Gasteiger partial charge >= 0.3 is 11.9 Å². The van der Waals surface area contributed by atoms with Crippen LogP contribution in [-0.2, 0) is 14.3 Å². The van der Waals surface area contributed by atoms with Crippen molar-refractivity contribution in [3.8, 4) is 0 Å². The Morgan fingerprint density at radius 1 is 0.352 bits per heavy atom. The van der Waals surface area contributed by atoms with E-state index >= 15 is 0 Å². The lowest BCUT2D eigenvalue weighted by Gasteiger charge is -2.12. The zero-order valence-corrected chi connectivity index (χ0v) is 37.7. The van der Waals surface area contributed by atoms with Crippen LogP contribution >= 0.6 is 0 Å². The number of ether oxygens (including phenoxy) is 1. The van der Waals surface area contributed by atoms with Crippen molar-refractivity contribution >= 4 is 11.9 Å². The highest BCUT2D eigenvalue weighted by Gasteiger charge is 2.16. The second-order valence-corrected chi connectivity index (χ2v) is 17.0. The van der Waals surface area contributed by atoms with Crippen LogP contribution < -0.4 is 0 Å². The molecule has 1 atom stereocenters. The van der Waals surface area contributed by atoms with Gasteiger partial charge in [-0.1, -0.05) is 265 Å². The molecule has 0 fully saturated rings. The van der Waals surface area contributed by atoms with E-state index in [1.165, 1.54) is 225 Å². The molecule has 0 aromatic rings. The van der Waals surface area contributed by atoms with E-state index < -0.39 is 5.97 Å². The number of hydrogen-bond donors (Lipinski definition) is 1. The highest BCUT2D eigenvalue weighted by molar-refractivity contribution is 5.70. The standard InChI is InChI=1S/2C25H50O2/c1-3-5-7-9-10-11-12-13-14-15-16-17-18-19-21-23-25(26)27-24-22-20-8-6-4-2;1-3-5-7-9-10-11-12-13-14-15-16-17-19-21-23-24(25(26)27)22-20-18-8-6-4-2/h3-24H2,1-2H3;24H,3-23H2,1-2H3,(H,26,27). The number of aliphatic carboxylic acids is 1. The summed E-state index contributed by atoms with van der Waals surface area (Å²) in [4.78, 5) is 23.0. The SMILES string of the molecule is CCCCCCCCCCCCCCCCC(CCCCCCC)C(=O)O.CCCCCCCCCCCCCCCCCC(=O)OCCCCCCC. The van der Waals surface area contributed by atoms with E-state index in [4.69, 9.17) is 4.74 Å². The third-order valence-corrected chi connectivity index (χ3v) is 11.4. The van der Waals surface area contributed by atoms with Gasteiger partial charge in [-0.05, 0) is 25.7 Å². The van der Waals surface area contributed by atoms with E-state index in [9.17, 15) is 14.7 Å². The zero-order chi connectivity index (χ0) is 39.8. The molecule has 0 aliphatic rings. The van der Waals surface area contributed by atoms with Gasteiger partial charge in [-0.3, -0.25) is 9.59 Å². The lowest BCUT2D eigenvalue weighted by atomic mass is 9.94. The second kappa shape index (κ2) is 50.0. The van der Waals surface area contributed by atoms with Crippen LogP contribution in [0.2, 0.25) is 0 Å². The first-order valence-corrected chi connectivity index (χ1v) is 24.9. The van der Waals surface area contributed by atoms with Crippen LogP contribution in [0.3, 0.4) is 0 Å². The quantitative estimate of drug-likeness (QED) is 0.0496. The monoisotopic (exact) mass is 765 g/mol. The highest BCUT2D eigenvalue weighted by atomic mass is 16.5. The Hall–Kier alpha value is -1.06. The van der Waals surface area contributed by atoms with Crippen molar-refractivity contribution in [1.82, 2.24) is 0 Å². The lowest BCUT2D eigenvalue weighted by molar-refractivity contribution is -0.144. The van der Waals surface area contributed by atoms with Crippen LogP contribution in [0.5, 0.6) is 0 Å². The smallest absolute Gasteiger partial charge is 0.306 e. The number of unbranched alkanes of at least 4 members (excludes halogenated alkanes) is 35. The third-order valence-electron chi connectivity index (χ3n) is 11.4. The molecular formula is C50H100O4. The zero-order valence-electron chi connectivity index (χ0n) is 37.7. The molecule has 4 nitrogen and oxygen atoms in total. The Bertz CT molecular complexity index is 705. The molecule has 1 unspecified atom stereocenters. The summed E-state index contributed by atoms with van der Waals surface area (Å²) in [6.45, 7) is 9.62. The summed E-state index contributed by atoms with van der Waals surface area (Å²) in [5, 5.41) is 9.38. The molecule has 0 amide bonds. The van der Waals surface area contributed by atoms with Crippen LogP contribution in [0.15, 0.2) is 0 Å². The highest BCUT2D eigenvalue weighted by Crippen LogP contribution is 2.20. The van der Waals surface area contributed by atoms with Crippen molar-refractivity contribution in [1.29, 1.82) is 0 Å². The molecule has 0 aliphatic carbocycles. The van der Waals surface area contributed by atoms with E-state index in [2.05, 4.69) is 27.7 Å². The maximum Gasteiger partial charge on any atom is 0.306 e. The summed E-state index contributed by atoms with van der Waals surface area (Å²) in [7, 11) is 0.